The molecule has 0 fully saturated rings. The van der Waals surface area contributed by atoms with Gasteiger partial charge in [-0.2, -0.15) is 0 Å². The molecule has 0 spiro atoms. The lowest BCUT2D eigenvalue weighted by Gasteiger charge is -2.44. The molecule has 36 heavy (non-hydrogen) atoms. The number of oxazole rings is 1. The molecule has 0 saturated heterocycles. The largest absolute Gasteiger partial charge is 0.480 e. The Bertz CT molecular complexity index is 1410. The Kier molecular flexibility index (Phi) is 5.74. The maximum absolute atomic E-state index is 13.9. The zero-order valence-corrected chi connectivity index (χ0v) is 20.2. The van der Waals surface area contributed by atoms with Gasteiger partial charge in [0.2, 0.25) is 5.88 Å². The van der Waals surface area contributed by atoms with Gasteiger partial charge in [-0.1, -0.05) is 0 Å². The Labute approximate surface area is 205 Å². The minimum absolute atomic E-state index is 0.0564. The minimum atomic E-state index is -1.47. The number of halogens is 2. The van der Waals surface area contributed by atoms with Crippen LogP contribution >= 0.6 is 0 Å². The number of nitrogens with zero attached hydrogens (tertiary/aromatic N) is 5. The van der Waals surface area contributed by atoms with Gasteiger partial charge in [0.25, 0.3) is 0 Å². The molecule has 1 aliphatic rings. The maximum atomic E-state index is 13.9. The van der Waals surface area contributed by atoms with E-state index in [2.05, 4.69) is 20.2 Å². The van der Waals surface area contributed by atoms with Gasteiger partial charge in [-0.15, -0.1) is 10.2 Å². The van der Waals surface area contributed by atoms with E-state index in [0.29, 0.717) is 59.8 Å². The molecule has 4 aromatic rings. The second-order valence-corrected chi connectivity index (χ2v) is 9.19. The molecule has 1 unspecified atom stereocenters. The third kappa shape index (κ3) is 3.98. The van der Waals surface area contributed by atoms with Gasteiger partial charge in [0.05, 0.1) is 18.9 Å². The maximum Gasteiger partial charge on any atom is 0.225 e. The lowest BCUT2D eigenvalue weighted by Crippen LogP contribution is -2.55. The summed E-state index contributed by atoms with van der Waals surface area (Å²) < 4.78 is 46.9. The molecule has 0 saturated carbocycles. The van der Waals surface area contributed by atoms with Crippen LogP contribution in [0.25, 0.3) is 22.8 Å². The van der Waals surface area contributed by atoms with Gasteiger partial charge in [-0.3, -0.25) is 0 Å². The second kappa shape index (κ2) is 8.66. The van der Waals surface area contributed by atoms with Crippen LogP contribution in [0.4, 0.5) is 8.78 Å². The summed E-state index contributed by atoms with van der Waals surface area (Å²) >= 11 is 0. The second-order valence-electron chi connectivity index (χ2n) is 9.19. The van der Waals surface area contributed by atoms with Crippen molar-refractivity contribution in [2.24, 2.45) is 0 Å². The number of aromatic nitrogens is 5. The number of hydrogen-bond acceptors (Lipinski definition) is 8. The van der Waals surface area contributed by atoms with Crippen LogP contribution in [0.15, 0.2) is 40.9 Å². The van der Waals surface area contributed by atoms with Crippen LogP contribution in [0.1, 0.15) is 38.4 Å². The Morgan fingerprint density at radius 1 is 1.14 bits per heavy atom. The number of fused-ring (bicyclic) bond motifs is 1. The molecule has 11 heteroatoms. The van der Waals surface area contributed by atoms with E-state index >= 15 is 0 Å². The van der Waals surface area contributed by atoms with E-state index in [1.54, 1.807) is 43.7 Å². The zero-order valence-electron chi connectivity index (χ0n) is 20.2. The van der Waals surface area contributed by atoms with Crippen LogP contribution in [0, 0.1) is 18.6 Å². The average Bonchev–Trinajstić information content (AvgIpc) is 3.44. The molecule has 4 heterocycles. The first-order valence-electron chi connectivity index (χ1n) is 11.4. The number of ether oxygens (including phenoxy) is 2. The highest BCUT2D eigenvalue weighted by molar-refractivity contribution is 5.66. The van der Waals surface area contributed by atoms with Crippen molar-refractivity contribution in [2.75, 3.05) is 7.11 Å². The molecular formula is C25H25F2N5O4. The Balaban J connectivity index is 1.60. The first kappa shape index (κ1) is 23.9. The summed E-state index contributed by atoms with van der Waals surface area (Å²) in [5, 5.41) is 19.9. The van der Waals surface area contributed by atoms with Crippen molar-refractivity contribution >= 4 is 0 Å². The quantitative estimate of drug-likeness (QED) is 0.417. The lowest BCUT2D eigenvalue weighted by molar-refractivity contribution is -0.137. The number of pyridine rings is 1. The van der Waals surface area contributed by atoms with Gasteiger partial charge >= 0.3 is 0 Å². The van der Waals surface area contributed by atoms with E-state index in [1.165, 1.54) is 7.11 Å². The number of benzene rings is 1. The first-order valence-corrected chi connectivity index (χ1v) is 11.4. The number of hydrogen-bond donors (Lipinski definition) is 1. The van der Waals surface area contributed by atoms with E-state index in [9.17, 15) is 13.9 Å². The molecule has 1 aliphatic heterocycles. The Morgan fingerprint density at radius 3 is 2.53 bits per heavy atom. The third-order valence-corrected chi connectivity index (χ3v) is 6.31. The summed E-state index contributed by atoms with van der Waals surface area (Å²) in [5.41, 5.74) is -1.79. The Morgan fingerprint density at radius 2 is 1.89 bits per heavy atom. The molecule has 1 atom stereocenters. The van der Waals surface area contributed by atoms with Gasteiger partial charge in [0.1, 0.15) is 28.7 Å². The van der Waals surface area contributed by atoms with Crippen LogP contribution in [-0.4, -0.2) is 42.5 Å². The van der Waals surface area contributed by atoms with Crippen LogP contribution in [0.2, 0.25) is 0 Å². The molecule has 188 valence electrons. The van der Waals surface area contributed by atoms with Crippen LogP contribution in [0.3, 0.4) is 0 Å². The molecule has 0 radical (unpaired) electrons. The summed E-state index contributed by atoms with van der Waals surface area (Å²) in [4.78, 5) is 8.73. The normalized spacial score (nSPS) is 17.6. The monoisotopic (exact) mass is 497 g/mol. The average molecular weight is 498 g/mol. The summed E-state index contributed by atoms with van der Waals surface area (Å²) in [7, 11) is 1.50. The predicted molar refractivity (Wildman–Crippen MR) is 124 cm³/mol. The molecular weight excluding hydrogens is 472 g/mol. The molecule has 5 rings (SSSR count). The molecule has 0 bridgehead atoms. The van der Waals surface area contributed by atoms with Crippen LogP contribution in [-0.2, 0) is 12.1 Å². The van der Waals surface area contributed by atoms with Crippen molar-refractivity contribution in [1.29, 1.82) is 0 Å². The van der Waals surface area contributed by atoms with E-state index in [4.69, 9.17) is 13.9 Å². The van der Waals surface area contributed by atoms with E-state index in [0.717, 1.165) is 18.2 Å². The highest BCUT2D eigenvalue weighted by atomic mass is 19.1. The molecule has 0 aliphatic carbocycles. The standard InChI is InChI=1S/C25H25F2N5O4/c1-14-28-13-20(35-14)18-6-7-19(29-22(18)34-4)21-30-31-23-25(24(2,3)33,8-5-9-32(21)23)36-17-11-15(26)10-16(27)12-17/h6-7,10-13,33H,5,8-9H2,1-4H3. The van der Waals surface area contributed by atoms with Crippen molar-refractivity contribution in [3.63, 3.8) is 0 Å². The minimum Gasteiger partial charge on any atom is -0.480 e. The van der Waals surface area contributed by atoms with Gasteiger partial charge < -0.3 is 23.6 Å². The lowest BCUT2D eigenvalue weighted by atomic mass is 9.79. The predicted octanol–water partition coefficient (Wildman–Crippen LogP) is 4.43. The molecule has 9 nitrogen and oxygen atoms in total. The fourth-order valence-corrected chi connectivity index (χ4v) is 4.58. The van der Waals surface area contributed by atoms with Crippen LogP contribution in [0.5, 0.6) is 11.6 Å². The zero-order chi connectivity index (χ0) is 25.7. The number of aryl methyl sites for hydroxylation is 1. The molecule has 1 N–H and O–H groups in total. The Hall–Kier alpha value is -3.86. The summed E-state index contributed by atoms with van der Waals surface area (Å²) in [6, 6.07) is 6.46. The van der Waals surface area contributed by atoms with E-state index in [1.807, 2.05) is 0 Å². The molecule has 1 aromatic carbocycles. The van der Waals surface area contributed by atoms with Crippen molar-refractivity contribution < 1.29 is 27.8 Å². The van der Waals surface area contributed by atoms with Crippen molar-refractivity contribution in [3.05, 3.63) is 59.9 Å². The molecule has 0 amide bonds. The van der Waals surface area contributed by atoms with Gasteiger partial charge in [-0.25, -0.2) is 18.7 Å². The SMILES string of the molecule is COc1nc(-c2nnc3n2CCCC3(Oc2cc(F)cc(F)c2)C(C)(C)O)ccc1-c1cnc(C)o1. The smallest absolute Gasteiger partial charge is 0.225 e. The van der Waals surface area contributed by atoms with Gasteiger partial charge in [0.15, 0.2) is 28.9 Å². The fourth-order valence-electron chi connectivity index (χ4n) is 4.58. The summed E-state index contributed by atoms with van der Waals surface area (Å²) in [6.07, 6.45) is 2.54. The summed E-state index contributed by atoms with van der Waals surface area (Å²) in [5.74, 6) is 0.491. The number of methoxy groups -OCH3 is 1. The van der Waals surface area contributed by atoms with Crippen molar-refractivity contribution in [2.45, 2.75) is 51.4 Å². The highest BCUT2D eigenvalue weighted by Gasteiger charge is 2.53. The van der Waals surface area contributed by atoms with Gasteiger partial charge in [0, 0.05) is 31.7 Å². The summed E-state index contributed by atoms with van der Waals surface area (Å²) in [6.45, 7) is 5.42. The number of rotatable bonds is 6. The highest BCUT2D eigenvalue weighted by Crippen LogP contribution is 2.45. The topological polar surface area (TPSA) is 108 Å². The van der Waals surface area contributed by atoms with Crippen molar-refractivity contribution in [3.8, 4) is 34.5 Å². The number of aliphatic hydroxyl groups is 1. The first-order chi connectivity index (χ1) is 17.1. The third-order valence-electron chi connectivity index (χ3n) is 6.31. The van der Waals surface area contributed by atoms with E-state index in [-0.39, 0.29) is 5.75 Å². The van der Waals surface area contributed by atoms with Crippen LogP contribution < -0.4 is 9.47 Å². The van der Waals surface area contributed by atoms with Gasteiger partial charge in [-0.05, 0) is 38.8 Å². The fraction of sp³-hybridized carbons (Fsp3) is 0.360. The van der Waals surface area contributed by atoms with E-state index < -0.39 is 22.8 Å². The molecule has 3 aromatic heterocycles. The van der Waals surface area contributed by atoms with Crippen molar-refractivity contribution in [1.82, 2.24) is 24.7 Å².